The molecule has 29 heavy (non-hydrogen) atoms. The number of nitrogens with zero attached hydrogens (tertiary/aromatic N) is 2. The van der Waals surface area contributed by atoms with E-state index in [0.717, 1.165) is 25.9 Å². The number of carbonyl (C=O) groups is 1. The third-order valence-corrected chi connectivity index (χ3v) is 5.25. The first-order valence-corrected chi connectivity index (χ1v) is 11.0. The number of rotatable bonds is 6. The molecule has 0 saturated carbocycles. The molecule has 1 unspecified atom stereocenters. The van der Waals surface area contributed by atoms with Gasteiger partial charge in [-0.1, -0.05) is 38.2 Å². The lowest BCUT2D eigenvalue weighted by molar-refractivity contribution is 0.00492. The van der Waals surface area contributed by atoms with Crippen LogP contribution < -0.4 is 0 Å². The number of carbonyl (C=O) groups excluding carboxylic acids is 1. The second kappa shape index (κ2) is 11.3. The van der Waals surface area contributed by atoms with E-state index in [9.17, 15) is 4.79 Å². The molecule has 4 nitrogen and oxygen atoms in total. The number of ether oxygens (including phenoxy) is 1. The molecule has 1 aliphatic rings. The molecular weight excluding hydrogens is 360 g/mol. The Morgan fingerprint density at radius 2 is 1.83 bits per heavy atom. The van der Waals surface area contributed by atoms with Crippen molar-refractivity contribution in [3.05, 3.63) is 46.7 Å². The quantitative estimate of drug-likeness (QED) is 0.477. The van der Waals surface area contributed by atoms with Crippen LogP contribution in [0.15, 0.2) is 46.7 Å². The van der Waals surface area contributed by atoms with Gasteiger partial charge in [0.05, 0.1) is 0 Å². The number of piperazine rings is 1. The Hall–Kier alpha value is -1.97. The normalized spacial score (nSPS) is 20.2. The first-order chi connectivity index (χ1) is 13.6. The average molecular weight is 403 g/mol. The highest BCUT2D eigenvalue weighted by Gasteiger charge is 2.31. The Morgan fingerprint density at radius 3 is 2.31 bits per heavy atom. The van der Waals surface area contributed by atoms with Crippen molar-refractivity contribution in [2.75, 3.05) is 19.6 Å². The fourth-order valence-corrected chi connectivity index (χ4v) is 3.74. The van der Waals surface area contributed by atoms with Crippen molar-refractivity contribution >= 4 is 6.09 Å². The lowest BCUT2D eigenvalue weighted by atomic mass is 9.93. The van der Waals surface area contributed by atoms with Crippen LogP contribution in [0.4, 0.5) is 4.79 Å². The van der Waals surface area contributed by atoms with Crippen molar-refractivity contribution in [3.8, 4) is 0 Å². The minimum absolute atomic E-state index is 0.106. The molecule has 1 atom stereocenters. The molecule has 0 spiro atoms. The summed E-state index contributed by atoms with van der Waals surface area (Å²) in [7, 11) is 0. The van der Waals surface area contributed by atoms with Gasteiger partial charge in [0.1, 0.15) is 5.60 Å². The largest absolute Gasteiger partial charge is 0.444 e. The van der Waals surface area contributed by atoms with Crippen LogP contribution in [0.3, 0.4) is 0 Å². The van der Waals surface area contributed by atoms with Gasteiger partial charge in [0.15, 0.2) is 0 Å². The summed E-state index contributed by atoms with van der Waals surface area (Å²) in [6.07, 6.45) is 10.6. The summed E-state index contributed by atoms with van der Waals surface area (Å²) in [6.45, 7) is 21.0. The van der Waals surface area contributed by atoms with E-state index in [0.29, 0.717) is 6.54 Å². The highest BCUT2D eigenvalue weighted by Crippen LogP contribution is 2.29. The molecule has 0 aromatic carbocycles. The van der Waals surface area contributed by atoms with E-state index in [-0.39, 0.29) is 12.1 Å². The molecule has 1 fully saturated rings. The van der Waals surface area contributed by atoms with Gasteiger partial charge in [-0.3, -0.25) is 0 Å². The molecule has 0 aromatic heterocycles. The van der Waals surface area contributed by atoms with E-state index >= 15 is 0 Å². The molecular formula is C25H42N2O2. The number of allylic oxidation sites excluding steroid dienone is 8. The summed E-state index contributed by atoms with van der Waals surface area (Å²) in [5.74, 6) is 0. The minimum Gasteiger partial charge on any atom is -0.444 e. The summed E-state index contributed by atoms with van der Waals surface area (Å²) < 4.78 is 5.59. The van der Waals surface area contributed by atoms with Gasteiger partial charge in [0.2, 0.25) is 0 Å². The van der Waals surface area contributed by atoms with E-state index < -0.39 is 5.60 Å². The molecule has 0 N–H and O–H groups in total. The monoisotopic (exact) mass is 402 g/mol. The maximum absolute atomic E-state index is 12.5. The van der Waals surface area contributed by atoms with Crippen LogP contribution in [0, 0.1) is 0 Å². The lowest BCUT2D eigenvalue weighted by Gasteiger charge is -2.42. The Morgan fingerprint density at radius 1 is 1.17 bits per heavy atom. The number of hydrogen-bond acceptors (Lipinski definition) is 3. The maximum Gasteiger partial charge on any atom is 0.410 e. The van der Waals surface area contributed by atoms with Crippen molar-refractivity contribution in [3.63, 3.8) is 0 Å². The Bertz CT molecular complexity index is 677. The lowest BCUT2D eigenvalue weighted by Crippen LogP contribution is -2.54. The van der Waals surface area contributed by atoms with Crippen LogP contribution in [0.2, 0.25) is 0 Å². The summed E-state index contributed by atoms with van der Waals surface area (Å²) in [4.78, 5) is 16.8. The Labute approximate surface area is 179 Å². The summed E-state index contributed by atoms with van der Waals surface area (Å²) in [6, 6.07) is 0.106. The smallest absolute Gasteiger partial charge is 0.410 e. The first kappa shape index (κ1) is 25.1. The molecule has 4 heteroatoms. The topological polar surface area (TPSA) is 32.8 Å². The van der Waals surface area contributed by atoms with Crippen LogP contribution in [0.1, 0.15) is 75.2 Å². The zero-order chi connectivity index (χ0) is 22.2. The van der Waals surface area contributed by atoms with Gasteiger partial charge in [-0.25, -0.2) is 4.79 Å². The summed E-state index contributed by atoms with van der Waals surface area (Å²) >= 11 is 0. The molecule has 1 rings (SSSR count). The van der Waals surface area contributed by atoms with Gasteiger partial charge in [0.25, 0.3) is 0 Å². The van der Waals surface area contributed by atoms with E-state index in [2.05, 4.69) is 70.7 Å². The van der Waals surface area contributed by atoms with Gasteiger partial charge in [0, 0.05) is 31.4 Å². The van der Waals surface area contributed by atoms with Gasteiger partial charge < -0.3 is 14.5 Å². The van der Waals surface area contributed by atoms with E-state index in [1.807, 2.05) is 25.7 Å². The predicted molar refractivity (Wildman–Crippen MR) is 124 cm³/mol. The standard InChI is InChI=1S/C25H42N2O2/c1-10-13-14-15-19(4)23(22(11-2)12-3)21(6)26-16-17-27(20(5)18-26)24(28)29-25(7,8)9/h11,13-15,20H,10,12,16-18H2,1-9H3/b14-13+,19-15-,22-11-,23-21-. The molecule has 1 amide bonds. The highest BCUT2D eigenvalue weighted by molar-refractivity contribution is 5.68. The third-order valence-electron chi connectivity index (χ3n) is 5.25. The van der Waals surface area contributed by atoms with Crippen molar-refractivity contribution in [2.45, 2.75) is 86.8 Å². The molecule has 1 heterocycles. The van der Waals surface area contributed by atoms with E-state index in [1.54, 1.807) is 0 Å². The molecule has 1 saturated heterocycles. The SMILES string of the molecule is C\C=C(CC)/C(C(/C)=C\C=C\CC)=C(/C)N1CCN(C(=O)OC(C)(C)C)C(C)C1. The predicted octanol–water partition coefficient (Wildman–Crippen LogP) is 6.47. The first-order valence-electron chi connectivity index (χ1n) is 11.0. The maximum atomic E-state index is 12.5. The molecule has 164 valence electrons. The number of hydrogen-bond donors (Lipinski definition) is 0. The van der Waals surface area contributed by atoms with Gasteiger partial charge >= 0.3 is 6.09 Å². The van der Waals surface area contributed by atoms with Crippen LogP contribution in [-0.2, 0) is 4.74 Å². The Balaban J connectivity index is 3.12. The van der Waals surface area contributed by atoms with Crippen molar-refractivity contribution in [2.24, 2.45) is 0 Å². The highest BCUT2D eigenvalue weighted by atomic mass is 16.6. The zero-order valence-electron chi connectivity index (χ0n) is 20.1. The second-order valence-corrected chi connectivity index (χ2v) is 8.78. The molecule has 0 aliphatic carbocycles. The number of amides is 1. The zero-order valence-corrected chi connectivity index (χ0v) is 20.1. The van der Waals surface area contributed by atoms with Crippen molar-refractivity contribution in [1.29, 1.82) is 0 Å². The summed E-state index contributed by atoms with van der Waals surface area (Å²) in [5, 5.41) is 0. The van der Waals surface area contributed by atoms with Crippen LogP contribution in [0.25, 0.3) is 0 Å². The second-order valence-electron chi connectivity index (χ2n) is 8.78. The fourth-order valence-electron chi connectivity index (χ4n) is 3.74. The molecule has 0 bridgehead atoms. The fraction of sp³-hybridized carbons (Fsp3) is 0.640. The van der Waals surface area contributed by atoms with Gasteiger partial charge in [-0.15, -0.1) is 0 Å². The average Bonchev–Trinajstić information content (AvgIpc) is 2.63. The van der Waals surface area contributed by atoms with Crippen LogP contribution >= 0.6 is 0 Å². The minimum atomic E-state index is -0.465. The van der Waals surface area contributed by atoms with E-state index in [4.69, 9.17) is 4.74 Å². The van der Waals surface area contributed by atoms with Crippen molar-refractivity contribution < 1.29 is 9.53 Å². The van der Waals surface area contributed by atoms with Crippen molar-refractivity contribution in [1.82, 2.24) is 9.80 Å². The van der Waals surface area contributed by atoms with Crippen LogP contribution in [-0.4, -0.2) is 47.2 Å². The van der Waals surface area contributed by atoms with Gasteiger partial charge in [-0.05, 0) is 78.0 Å². The molecule has 0 aromatic rings. The molecule has 1 aliphatic heterocycles. The Kier molecular flexibility index (Phi) is 9.75. The molecule has 0 radical (unpaired) electrons. The van der Waals surface area contributed by atoms with Gasteiger partial charge in [-0.2, -0.15) is 0 Å². The van der Waals surface area contributed by atoms with Crippen LogP contribution in [0.5, 0.6) is 0 Å². The van der Waals surface area contributed by atoms with E-state index in [1.165, 1.54) is 22.4 Å². The third kappa shape index (κ3) is 7.41. The summed E-state index contributed by atoms with van der Waals surface area (Å²) in [5.41, 5.74) is 4.79.